The summed E-state index contributed by atoms with van der Waals surface area (Å²) >= 11 is 5.78. The predicted octanol–water partition coefficient (Wildman–Crippen LogP) is 3.47. The minimum Gasteiger partial charge on any atom is -0.376 e. The lowest BCUT2D eigenvalue weighted by atomic mass is 10.2. The van der Waals surface area contributed by atoms with Crippen LogP contribution < -0.4 is 0 Å². The summed E-state index contributed by atoms with van der Waals surface area (Å²) in [6.07, 6.45) is 3.50. The van der Waals surface area contributed by atoms with Crippen molar-refractivity contribution in [2.24, 2.45) is 0 Å². The van der Waals surface area contributed by atoms with E-state index >= 15 is 0 Å². The third-order valence-corrected chi connectivity index (χ3v) is 5.88. The molecule has 28 heavy (non-hydrogen) atoms. The van der Waals surface area contributed by atoms with Crippen LogP contribution in [0, 0.1) is 10.6 Å². The molecule has 3 heterocycles. The Kier molecular flexibility index (Phi) is 6.20. The molecule has 0 bridgehead atoms. The predicted molar refractivity (Wildman–Crippen MR) is 107 cm³/mol. The molecule has 152 valence electrons. The van der Waals surface area contributed by atoms with E-state index in [1.807, 2.05) is 9.25 Å². The van der Waals surface area contributed by atoms with Gasteiger partial charge in [-0.3, -0.25) is 9.47 Å². The third-order valence-electron chi connectivity index (χ3n) is 5.45. The van der Waals surface area contributed by atoms with Crippen LogP contribution in [0.15, 0.2) is 24.3 Å². The second-order valence-corrected chi connectivity index (χ2v) is 7.84. The lowest BCUT2D eigenvalue weighted by Crippen LogP contribution is -2.43. The van der Waals surface area contributed by atoms with Crippen LogP contribution in [0.3, 0.4) is 0 Å². The van der Waals surface area contributed by atoms with Crippen molar-refractivity contribution >= 4 is 12.2 Å². The maximum atomic E-state index is 13.4. The minimum atomic E-state index is -0.258. The van der Waals surface area contributed by atoms with Crippen LogP contribution in [-0.4, -0.2) is 57.8 Å². The highest BCUT2D eigenvalue weighted by atomic mass is 32.1. The maximum absolute atomic E-state index is 13.4. The maximum Gasteiger partial charge on any atom is 0.199 e. The first-order valence-corrected chi connectivity index (χ1v) is 10.4. The van der Waals surface area contributed by atoms with Crippen molar-refractivity contribution in [1.82, 2.24) is 19.2 Å². The summed E-state index contributed by atoms with van der Waals surface area (Å²) in [5.74, 6) is 0.507. The average Bonchev–Trinajstić information content (AvgIpc) is 3.33. The van der Waals surface area contributed by atoms with Crippen LogP contribution in [0.5, 0.6) is 0 Å². The van der Waals surface area contributed by atoms with Crippen molar-refractivity contribution in [2.75, 3.05) is 26.3 Å². The number of hydrogen-bond donors (Lipinski definition) is 0. The summed E-state index contributed by atoms with van der Waals surface area (Å²) in [6, 6.07) is 6.43. The molecule has 0 unspecified atom stereocenters. The summed E-state index contributed by atoms with van der Waals surface area (Å²) < 4.78 is 29.6. The van der Waals surface area contributed by atoms with Gasteiger partial charge in [-0.2, -0.15) is 5.10 Å². The molecule has 2 aliphatic heterocycles. The van der Waals surface area contributed by atoms with E-state index in [-0.39, 0.29) is 18.0 Å². The lowest BCUT2D eigenvalue weighted by Gasteiger charge is -2.32. The zero-order valence-corrected chi connectivity index (χ0v) is 17.0. The second-order valence-electron chi connectivity index (χ2n) is 7.48. The van der Waals surface area contributed by atoms with Crippen LogP contribution in [0.4, 0.5) is 4.39 Å². The fraction of sp³-hybridized carbons (Fsp3) is 0.600. The molecule has 0 amide bonds. The molecule has 6 nitrogen and oxygen atoms in total. The van der Waals surface area contributed by atoms with Crippen LogP contribution in [0.25, 0.3) is 11.4 Å². The Bertz CT molecular complexity index is 845. The van der Waals surface area contributed by atoms with E-state index in [0.29, 0.717) is 18.0 Å². The van der Waals surface area contributed by atoms with Gasteiger partial charge in [-0.25, -0.2) is 9.07 Å². The number of halogens is 1. The van der Waals surface area contributed by atoms with Gasteiger partial charge in [0.2, 0.25) is 0 Å². The number of hydrogen-bond acceptors (Lipinski definition) is 5. The van der Waals surface area contributed by atoms with Crippen molar-refractivity contribution in [1.29, 1.82) is 0 Å². The van der Waals surface area contributed by atoms with Crippen molar-refractivity contribution in [3.8, 4) is 11.4 Å². The Hall–Kier alpha value is -1.61. The zero-order valence-electron chi connectivity index (χ0n) is 16.2. The van der Waals surface area contributed by atoms with Crippen LogP contribution in [0.2, 0.25) is 0 Å². The topological polar surface area (TPSA) is 44.5 Å². The number of ether oxygens (including phenoxy) is 2. The Morgan fingerprint density at radius 3 is 2.68 bits per heavy atom. The molecule has 1 aromatic heterocycles. The highest BCUT2D eigenvalue weighted by molar-refractivity contribution is 7.71. The number of nitrogens with zero attached hydrogens (tertiary/aromatic N) is 4. The van der Waals surface area contributed by atoms with Gasteiger partial charge >= 0.3 is 0 Å². The fourth-order valence-corrected chi connectivity index (χ4v) is 4.11. The quantitative estimate of drug-likeness (QED) is 0.688. The van der Waals surface area contributed by atoms with Gasteiger partial charge in [-0.15, -0.1) is 0 Å². The Morgan fingerprint density at radius 2 is 1.96 bits per heavy atom. The molecule has 2 aromatic rings. The largest absolute Gasteiger partial charge is 0.376 e. The average molecular weight is 407 g/mol. The molecular weight excluding hydrogens is 379 g/mol. The SMILES string of the molecule is CC[C@H]1CN(Cn2nc(-c3ccc(F)cc3)n(C[C@H]3CCCO3)c2=S)CCO1. The third kappa shape index (κ3) is 4.35. The molecule has 8 heteroatoms. The van der Waals surface area contributed by atoms with Crippen molar-refractivity contribution < 1.29 is 13.9 Å². The normalized spacial score (nSPS) is 23.4. The van der Waals surface area contributed by atoms with Crippen LogP contribution >= 0.6 is 12.2 Å². The van der Waals surface area contributed by atoms with Gasteiger partial charge in [-0.05, 0) is 55.7 Å². The van der Waals surface area contributed by atoms with Crippen LogP contribution in [0.1, 0.15) is 26.2 Å². The molecule has 2 aliphatic rings. The molecule has 1 aromatic carbocycles. The first-order valence-electron chi connectivity index (χ1n) is 10.0. The molecule has 2 saturated heterocycles. The van der Waals surface area contributed by atoms with Gasteiger partial charge in [0.25, 0.3) is 0 Å². The lowest BCUT2D eigenvalue weighted by molar-refractivity contribution is -0.0412. The van der Waals surface area contributed by atoms with Crippen LogP contribution in [-0.2, 0) is 22.7 Å². The smallest absolute Gasteiger partial charge is 0.199 e. The molecule has 4 rings (SSSR count). The van der Waals surface area contributed by atoms with Gasteiger partial charge in [0.1, 0.15) is 5.82 Å². The van der Waals surface area contributed by atoms with Crippen molar-refractivity contribution in [3.05, 3.63) is 34.9 Å². The van der Waals surface area contributed by atoms with E-state index in [9.17, 15) is 4.39 Å². The molecular formula is C20H27FN4O2S. The second kappa shape index (κ2) is 8.82. The van der Waals surface area contributed by atoms with E-state index in [1.54, 1.807) is 12.1 Å². The molecule has 0 saturated carbocycles. The highest BCUT2D eigenvalue weighted by Gasteiger charge is 2.23. The van der Waals surface area contributed by atoms with Crippen molar-refractivity contribution in [3.63, 3.8) is 0 Å². The number of morpholine rings is 1. The summed E-state index contributed by atoms with van der Waals surface area (Å²) in [5, 5.41) is 4.81. The van der Waals surface area contributed by atoms with Crippen molar-refractivity contribution in [2.45, 2.75) is 51.6 Å². The van der Waals surface area contributed by atoms with E-state index in [1.165, 1.54) is 12.1 Å². The molecule has 2 atom stereocenters. The van der Waals surface area contributed by atoms with E-state index in [4.69, 9.17) is 26.8 Å². The summed E-state index contributed by atoms with van der Waals surface area (Å²) in [5.41, 5.74) is 0.859. The van der Waals surface area contributed by atoms with E-state index in [2.05, 4.69) is 11.8 Å². The van der Waals surface area contributed by atoms with E-state index in [0.717, 1.165) is 57.0 Å². The summed E-state index contributed by atoms with van der Waals surface area (Å²) in [4.78, 5) is 2.32. The van der Waals surface area contributed by atoms with Gasteiger partial charge in [0.15, 0.2) is 10.6 Å². The molecule has 0 N–H and O–H groups in total. The molecule has 0 spiro atoms. The van der Waals surface area contributed by atoms with Gasteiger partial charge < -0.3 is 9.47 Å². The molecule has 2 fully saturated rings. The summed E-state index contributed by atoms with van der Waals surface area (Å²) in [7, 11) is 0. The standard InChI is InChI=1S/C20H27FN4O2S/c1-2-17-12-23(9-11-27-17)14-25-20(28)24(13-18-4-3-10-26-18)19(22-25)15-5-7-16(21)8-6-15/h5-8,17-18H,2-4,9-14H2,1H3/t17-,18+/m0/s1. The zero-order chi connectivity index (χ0) is 19.5. The van der Waals surface area contributed by atoms with Gasteiger partial charge in [0, 0.05) is 25.3 Å². The fourth-order valence-electron chi connectivity index (χ4n) is 3.85. The number of rotatable bonds is 6. The Morgan fingerprint density at radius 1 is 1.18 bits per heavy atom. The summed E-state index contributed by atoms with van der Waals surface area (Å²) in [6.45, 7) is 6.71. The van der Waals surface area contributed by atoms with E-state index < -0.39 is 0 Å². The molecule has 0 aliphatic carbocycles. The number of benzene rings is 1. The molecule has 0 radical (unpaired) electrons. The first kappa shape index (κ1) is 19.7. The monoisotopic (exact) mass is 406 g/mol. The number of aromatic nitrogens is 3. The highest BCUT2D eigenvalue weighted by Crippen LogP contribution is 2.23. The van der Waals surface area contributed by atoms with Gasteiger partial charge in [-0.1, -0.05) is 6.92 Å². The minimum absolute atomic E-state index is 0.149. The first-order chi connectivity index (χ1) is 13.6. The van der Waals surface area contributed by atoms with Gasteiger partial charge in [0.05, 0.1) is 32.0 Å². The Balaban J connectivity index is 1.63. The Labute approximate surface area is 169 Å².